The van der Waals surface area contributed by atoms with E-state index in [1.807, 2.05) is 0 Å². The topological polar surface area (TPSA) is 43.4 Å². The van der Waals surface area contributed by atoms with E-state index in [9.17, 15) is 21.6 Å². The van der Waals surface area contributed by atoms with Gasteiger partial charge in [0.2, 0.25) is 0 Å². The molecule has 16 heavy (non-hydrogen) atoms. The first kappa shape index (κ1) is 13.0. The average molecular weight is 254 g/mol. The van der Waals surface area contributed by atoms with Gasteiger partial charge in [0.25, 0.3) is 10.1 Å². The van der Waals surface area contributed by atoms with Gasteiger partial charge in [-0.1, -0.05) is 30.3 Å². The smallest absolute Gasteiger partial charge is 0.260 e. The zero-order chi connectivity index (χ0) is 12.2. The standard InChI is InChI=1S/C9H9F3O3S/c10-9(11,12)7-15-16(13,14)6-8-4-2-1-3-5-8/h1-5H,6-7H2. The predicted octanol–water partition coefficient (Wildman–Crippen LogP) is 2.10. The summed E-state index contributed by atoms with van der Waals surface area (Å²) in [5.41, 5.74) is 0.379. The van der Waals surface area contributed by atoms with Crippen LogP contribution >= 0.6 is 0 Å². The first-order chi connectivity index (χ1) is 7.29. The van der Waals surface area contributed by atoms with E-state index in [0.29, 0.717) is 5.56 Å². The summed E-state index contributed by atoms with van der Waals surface area (Å²) < 4.78 is 61.3. The summed E-state index contributed by atoms with van der Waals surface area (Å²) in [7, 11) is -4.19. The zero-order valence-corrected chi connectivity index (χ0v) is 8.88. The molecule has 0 aliphatic rings. The molecule has 1 rings (SSSR count). The predicted molar refractivity (Wildman–Crippen MR) is 51.1 cm³/mol. The van der Waals surface area contributed by atoms with Crippen LogP contribution in [0.25, 0.3) is 0 Å². The fraction of sp³-hybridized carbons (Fsp3) is 0.333. The Balaban J connectivity index is 2.60. The van der Waals surface area contributed by atoms with Crippen LogP contribution in [-0.4, -0.2) is 21.2 Å². The number of hydrogen-bond donors (Lipinski definition) is 0. The number of rotatable bonds is 4. The molecule has 0 amide bonds. The summed E-state index contributed by atoms with van der Waals surface area (Å²) in [4.78, 5) is 0. The van der Waals surface area contributed by atoms with E-state index in [-0.39, 0.29) is 0 Å². The molecule has 0 aliphatic heterocycles. The summed E-state index contributed by atoms with van der Waals surface area (Å²) in [5.74, 6) is -0.566. The molecule has 0 aromatic heterocycles. The number of hydrogen-bond acceptors (Lipinski definition) is 3. The highest BCUT2D eigenvalue weighted by Crippen LogP contribution is 2.17. The normalized spacial score (nSPS) is 12.7. The molecular formula is C9H9F3O3S. The second-order valence-electron chi connectivity index (χ2n) is 3.06. The van der Waals surface area contributed by atoms with Crippen molar-refractivity contribution in [3.63, 3.8) is 0 Å². The molecule has 0 bridgehead atoms. The summed E-state index contributed by atoms with van der Waals surface area (Å²) in [6.07, 6.45) is -4.65. The fourth-order valence-electron chi connectivity index (χ4n) is 0.977. The van der Waals surface area contributed by atoms with Crippen LogP contribution in [0.2, 0.25) is 0 Å². The third kappa shape index (κ3) is 5.13. The van der Waals surface area contributed by atoms with E-state index in [4.69, 9.17) is 0 Å². The van der Waals surface area contributed by atoms with Gasteiger partial charge in [-0.25, -0.2) is 0 Å². The number of halogens is 3. The van der Waals surface area contributed by atoms with E-state index in [0.717, 1.165) is 0 Å². The van der Waals surface area contributed by atoms with Crippen LogP contribution in [0, 0.1) is 0 Å². The molecule has 0 fully saturated rings. The van der Waals surface area contributed by atoms with Crippen LogP contribution in [0.1, 0.15) is 5.56 Å². The van der Waals surface area contributed by atoms with Gasteiger partial charge in [0, 0.05) is 0 Å². The fourth-order valence-corrected chi connectivity index (χ4v) is 1.97. The molecule has 0 radical (unpaired) electrons. The Morgan fingerprint density at radius 1 is 1.12 bits per heavy atom. The third-order valence-electron chi connectivity index (χ3n) is 1.59. The van der Waals surface area contributed by atoms with E-state index >= 15 is 0 Å². The number of alkyl halides is 3. The van der Waals surface area contributed by atoms with Crippen LogP contribution in [0.4, 0.5) is 13.2 Å². The minimum atomic E-state index is -4.65. The molecular weight excluding hydrogens is 245 g/mol. The summed E-state index contributed by atoms with van der Waals surface area (Å²) in [5, 5.41) is 0. The van der Waals surface area contributed by atoms with Crippen LogP contribution in [0.5, 0.6) is 0 Å². The molecule has 0 spiro atoms. The molecule has 0 unspecified atom stereocenters. The lowest BCUT2D eigenvalue weighted by molar-refractivity contribution is -0.152. The van der Waals surface area contributed by atoms with Crippen molar-refractivity contribution in [2.45, 2.75) is 11.9 Å². The van der Waals surface area contributed by atoms with E-state index in [2.05, 4.69) is 4.18 Å². The Hall–Kier alpha value is -1.08. The van der Waals surface area contributed by atoms with Gasteiger partial charge < -0.3 is 0 Å². The van der Waals surface area contributed by atoms with Crippen LogP contribution in [0.3, 0.4) is 0 Å². The Bertz CT molecular complexity index is 425. The van der Waals surface area contributed by atoms with Crippen molar-refractivity contribution in [1.29, 1.82) is 0 Å². The Morgan fingerprint density at radius 2 is 1.69 bits per heavy atom. The minimum absolute atomic E-state index is 0.379. The lowest BCUT2D eigenvalue weighted by Gasteiger charge is -2.08. The molecule has 7 heteroatoms. The second-order valence-corrected chi connectivity index (χ2v) is 4.70. The van der Waals surface area contributed by atoms with Crippen molar-refractivity contribution in [1.82, 2.24) is 0 Å². The Morgan fingerprint density at radius 3 is 2.19 bits per heavy atom. The lowest BCUT2D eigenvalue weighted by Crippen LogP contribution is -2.21. The van der Waals surface area contributed by atoms with Gasteiger partial charge in [0.15, 0.2) is 6.61 Å². The maximum atomic E-state index is 11.7. The van der Waals surface area contributed by atoms with Crippen molar-refractivity contribution in [2.24, 2.45) is 0 Å². The second kappa shape index (κ2) is 4.84. The van der Waals surface area contributed by atoms with E-state index in [1.54, 1.807) is 18.2 Å². The van der Waals surface area contributed by atoms with Crippen LogP contribution in [0.15, 0.2) is 30.3 Å². The summed E-state index contributed by atoms with van der Waals surface area (Å²) in [6, 6.07) is 7.85. The number of benzene rings is 1. The lowest BCUT2D eigenvalue weighted by atomic mass is 10.2. The third-order valence-corrected chi connectivity index (χ3v) is 2.75. The van der Waals surface area contributed by atoms with Gasteiger partial charge in [-0.05, 0) is 5.56 Å². The molecule has 1 aromatic carbocycles. The molecule has 1 aromatic rings. The average Bonchev–Trinajstić information content (AvgIpc) is 2.15. The monoisotopic (exact) mass is 254 g/mol. The van der Waals surface area contributed by atoms with Crippen LogP contribution < -0.4 is 0 Å². The zero-order valence-electron chi connectivity index (χ0n) is 8.07. The Kier molecular flexibility index (Phi) is 3.93. The first-order valence-corrected chi connectivity index (χ1v) is 5.84. The van der Waals surface area contributed by atoms with E-state index < -0.39 is 28.7 Å². The quantitative estimate of drug-likeness (QED) is 0.773. The highest BCUT2D eigenvalue weighted by atomic mass is 32.2. The first-order valence-electron chi connectivity index (χ1n) is 4.26. The highest BCUT2D eigenvalue weighted by Gasteiger charge is 2.30. The van der Waals surface area contributed by atoms with Crippen molar-refractivity contribution in [3.05, 3.63) is 35.9 Å². The SMILES string of the molecule is O=S(=O)(Cc1ccccc1)OCC(F)(F)F. The highest BCUT2D eigenvalue weighted by molar-refractivity contribution is 7.85. The summed E-state index contributed by atoms with van der Waals surface area (Å²) in [6.45, 7) is -1.79. The van der Waals surface area contributed by atoms with Crippen molar-refractivity contribution >= 4 is 10.1 Å². The van der Waals surface area contributed by atoms with E-state index in [1.165, 1.54) is 12.1 Å². The van der Waals surface area contributed by atoms with Gasteiger partial charge in [-0.3, -0.25) is 4.18 Å². The molecule has 0 atom stereocenters. The van der Waals surface area contributed by atoms with Crippen molar-refractivity contribution in [3.8, 4) is 0 Å². The molecule has 0 N–H and O–H groups in total. The van der Waals surface area contributed by atoms with Gasteiger partial charge in [-0.15, -0.1) is 0 Å². The maximum absolute atomic E-state index is 11.7. The van der Waals surface area contributed by atoms with Crippen LogP contribution in [-0.2, 0) is 20.1 Å². The minimum Gasteiger partial charge on any atom is -0.260 e. The van der Waals surface area contributed by atoms with Crippen molar-refractivity contribution < 1.29 is 25.8 Å². The van der Waals surface area contributed by atoms with Gasteiger partial charge in [-0.2, -0.15) is 21.6 Å². The Labute approximate surface area is 91.0 Å². The molecule has 90 valence electrons. The molecule has 0 saturated carbocycles. The van der Waals surface area contributed by atoms with Crippen molar-refractivity contribution in [2.75, 3.05) is 6.61 Å². The van der Waals surface area contributed by atoms with Gasteiger partial charge in [0.05, 0.1) is 0 Å². The van der Waals surface area contributed by atoms with Gasteiger partial charge >= 0.3 is 6.18 Å². The molecule has 0 heterocycles. The largest absolute Gasteiger partial charge is 0.413 e. The maximum Gasteiger partial charge on any atom is 0.413 e. The molecule has 3 nitrogen and oxygen atoms in total. The molecule has 0 aliphatic carbocycles. The summed E-state index contributed by atoms with van der Waals surface area (Å²) >= 11 is 0. The molecule has 0 saturated heterocycles. The van der Waals surface area contributed by atoms with Gasteiger partial charge in [0.1, 0.15) is 5.75 Å².